The van der Waals surface area contributed by atoms with Crippen LogP contribution in [0.2, 0.25) is 0 Å². The largest absolute Gasteiger partial charge is 0.324 e. The van der Waals surface area contributed by atoms with E-state index < -0.39 is 0 Å². The summed E-state index contributed by atoms with van der Waals surface area (Å²) < 4.78 is 0. The molecular weight excluding hydrogens is 238 g/mol. The monoisotopic (exact) mass is 251 g/mol. The first kappa shape index (κ1) is 11.9. The first-order valence-electron chi connectivity index (χ1n) is 5.11. The molecule has 0 aromatic heterocycles. The summed E-state index contributed by atoms with van der Waals surface area (Å²) in [4.78, 5) is 24.0. The predicted molar refractivity (Wildman–Crippen MR) is 66.9 cm³/mol. The number of benzene rings is 1. The lowest BCUT2D eigenvalue weighted by atomic mass is 10.2. The number of carbonyl (C=O) groups is 2. The van der Waals surface area contributed by atoms with E-state index in [1.54, 1.807) is 31.2 Å². The Hall–Kier alpha value is -1.53. The molecule has 0 unspecified atom stereocenters. The number of nitrogens with one attached hydrogen (secondary N) is 2. The minimum atomic E-state index is -0.192. The molecule has 0 atom stereocenters. The smallest absolute Gasteiger partial charge is 0.265 e. The van der Waals surface area contributed by atoms with Gasteiger partial charge in [0.1, 0.15) is 0 Å². The normalized spacial score (nSPS) is 14.2. The molecule has 2 N–H and O–H groups in total. The molecular formula is C11H13N3O2S. The highest BCUT2D eigenvalue weighted by Gasteiger charge is 2.17. The van der Waals surface area contributed by atoms with Crippen LogP contribution in [0.4, 0.5) is 5.69 Å². The third-order valence-electron chi connectivity index (χ3n) is 2.20. The number of thioether (sulfide) groups is 1. The molecule has 2 amide bonds. The molecule has 1 aromatic carbocycles. The summed E-state index contributed by atoms with van der Waals surface area (Å²) in [5.74, 6) is 0.200. The van der Waals surface area contributed by atoms with Crippen LogP contribution in [0, 0.1) is 0 Å². The summed E-state index contributed by atoms with van der Waals surface area (Å²) in [5, 5.41) is 4.33. The lowest BCUT2D eigenvalue weighted by Crippen LogP contribution is -2.36. The van der Waals surface area contributed by atoms with Gasteiger partial charge in [-0.2, -0.15) is 0 Å². The quantitative estimate of drug-likeness (QED) is 0.768. The second-order valence-electron chi connectivity index (χ2n) is 3.88. The first-order chi connectivity index (χ1) is 8.06. The number of hydrogen-bond donors (Lipinski definition) is 2. The van der Waals surface area contributed by atoms with Crippen LogP contribution >= 0.6 is 11.8 Å². The molecule has 5 nitrogen and oxygen atoms in total. The summed E-state index contributed by atoms with van der Waals surface area (Å²) in [6, 6.07) is 5.30. The Balaban J connectivity index is 2.23. The van der Waals surface area contributed by atoms with Gasteiger partial charge in [-0.15, -0.1) is 11.8 Å². The lowest BCUT2D eigenvalue weighted by Gasteiger charge is -2.17. The molecule has 2 rings (SSSR count). The van der Waals surface area contributed by atoms with Crippen molar-refractivity contribution in [3.8, 4) is 0 Å². The van der Waals surface area contributed by atoms with E-state index in [2.05, 4.69) is 10.7 Å². The van der Waals surface area contributed by atoms with Gasteiger partial charge >= 0.3 is 0 Å². The summed E-state index contributed by atoms with van der Waals surface area (Å²) in [6.07, 6.45) is 0. The molecule has 1 aliphatic rings. The number of nitrogens with zero attached hydrogens (tertiary/aromatic N) is 1. The summed E-state index contributed by atoms with van der Waals surface area (Å²) in [7, 11) is 3.49. The van der Waals surface area contributed by atoms with E-state index in [4.69, 9.17) is 0 Å². The molecule has 0 spiro atoms. The fourth-order valence-electron chi connectivity index (χ4n) is 1.49. The molecule has 0 aliphatic carbocycles. The Labute approximate surface area is 104 Å². The highest BCUT2D eigenvalue weighted by molar-refractivity contribution is 8.00. The van der Waals surface area contributed by atoms with Crippen molar-refractivity contribution in [3.05, 3.63) is 23.8 Å². The molecule has 1 heterocycles. The van der Waals surface area contributed by atoms with Crippen LogP contribution in [0.15, 0.2) is 23.1 Å². The number of amides is 2. The van der Waals surface area contributed by atoms with Gasteiger partial charge in [-0.05, 0) is 18.2 Å². The summed E-state index contributed by atoms with van der Waals surface area (Å²) in [5.41, 5.74) is 3.89. The van der Waals surface area contributed by atoms with Gasteiger partial charge < -0.3 is 5.32 Å². The number of anilines is 1. The Morgan fingerprint density at radius 2 is 2.24 bits per heavy atom. The third-order valence-corrected chi connectivity index (χ3v) is 3.27. The van der Waals surface area contributed by atoms with Gasteiger partial charge in [0.25, 0.3) is 5.91 Å². The van der Waals surface area contributed by atoms with Crippen LogP contribution in [0.3, 0.4) is 0 Å². The molecule has 17 heavy (non-hydrogen) atoms. The van der Waals surface area contributed by atoms with Gasteiger partial charge in [0.2, 0.25) is 5.91 Å². The minimum absolute atomic E-state index is 0.0346. The molecule has 90 valence electrons. The number of hydrogen-bond acceptors (Lipinski definition) is 4. The topological polar surface area (TPSA) is 61.4 Å². The van der Waals surface area contributed by atoms with Crippen LogP contribution in [-0.2, 0) is 4.79 Å². The van der Waals surface area contributed by atoms with Gasteiger partial charge in [-0.25, -0.2) is 5.01 Å². The van der Waals surface area contributed by atoms with E-state index >= 15 is 0 Å². The average Bonchev–Trinajstić information content (AvgIpc) is 2.27. The standard InChI is InChI=1S/C11H13N3O2S/c1-14(2)13-11(16)7-3-4-9-8(5-7)12-10(15)6-17-9/h3-5H,6H2,1-2H3,(H,12,15)(H,13,16). The van der Waals surface area contributed by atoms with Crippen molar-refractivity contribution in [3.63, 3.8) is 0 Å². The van der Waals surface area contributed by atoms with Crippen molar-refractivity contribution in [2.24, 2.45) is 0 Å². The van der Waals surface area contributed by atoms with Crippen molar-refractivity contribution in [2.45, 2.75) is 4.90 Å². The zero-order valence-corrected chi connectivity index (χ0v) is 10.4. The number of fused-ring (bicyclic) bond motifs is 1. The van der Waals surface area contributed by atoms with Crippen LogP contribution in [0.25, 0.3) is 0 Å². The summed E-state index contributed by atoms with van der Waals surface area (Å²) in [6.45, 7) is 0. The highest BCUT2D eigenvalue weighted by atomic mass is 32.2. The molecule has 0 bridgehead atoms. The van der Waals surface area contributed by atoms with E-state index in [9.17, 15) is 9.59 Å². The number of hydrazine groups is 1. The Bertz CT molecular complexity index is 474. The van der Waals surface area contributed by atoms with Crippen molar-refractivity contribution in [1.29, 1.82) is 0 Å². The van der Waals surface area contributed by atoms with Gasteiger partial charge in [0.05, 0.1) is 11.4 Å². The maximum absolute atomic E-state index is 11.8. The van der Waals surface area contributed by atoms with Gasteiger partial charge in [0, 0.05) is 24.6 Å². The molecule has 0 saturated heterocycles. The Kier molecular flexibility index (Phi) is 3.35. The van der Waals surface area contributed by atoms with Gasteiger partial charge in [-0.3, -0.25) is 15.0 Å². The zero-order valence-electron chi connectivity index (χ0n) is 9.61. The molecule has 0 saturated carbocycles. The van der Waals surface area contributed by atoms with E-state index in [0.717, 1.165) is 4.90 Å². The van der Waals surface area contributed by atoms with Crippen LogP contribution in [0.1, 0.15) is 10.4 Å². The van der Waals surface area contributed by atoms with Crippen LogP contribution in [0.5, 0.6) is 0 Å². The number of rotatable bonds is 2. The van der Waals surface area contributed by atoms with Gasteiger partial charge in [-0.1, -0.05) is 0 Å². The van der Waals surface area contributed by atoms with Crippen LogP contribution < -0.4 is 10.7 Å². The molecule has 1 aliphatic heterocycles. The predicted octanol–water partition coefficient (Wildman–Crippen LogP) is 0.937. The Morgan fingerprint density at radius 1 is 1.47 bits per heavy atom. The van der Waals surface area contributed by atoms with E-state index in [-0.39, 0.29) is 11.8 Å². The molecule has 0 fully saturated rings. The molecule has 6 heteroatoms. The Morgan fingerprint density at radius 3 is 2.94 bits per heavy atom. The maximum Gasteiger partial charge on any atom is 0.265 e. The minimum Gasteiger partial charge on any atom is -0.324 e. The van der Waals surface area contributed by atoms with E-state index in [1.165, 1.54) is 11.8 Å². The van der Waals surface area contributed by atoms with E-state index in [1.807, 2.05) is 6.07 Å². The van der Waals surface area contributed by atoms with Crippen molar-refractivity contribution in [2.75, 3.05) is 25.2 Å². The fraction of sp³-hybridized carbons (Fsp3) is 0.273. The molecule has 1 aromatic rings. The second-order valence-corrected chi connectivity index (χ2v) is 4.90. The zero-order chi connectivity index (χ0) is 12.4. The first-order valence-corrected chi connectivity index (χ1v) is 6.10. The number of carbonyl (C=O) groups excluding carboxylic acids is 2. The van der Waals surface area contributed by atoms with E-state index in [0.29, 0.717) is 17.0 Å². The second kappa shape index (κ2) is 4.77. The molecule has 0 radical (unpaired) electrons. The average molecular weight is 251 g/mol. The van der Waals surface area contributed by atoms with Crippen molar-refractivity contribution >= 4 is 29.3 Å². The third kappa shape index (κ3) is 2.78. The van der Waals surface area contributed by atoms with Crippen molar-refractivity contribution < 1.29 is 9.59 Å². The van der Waals surface area contributed by atoms with Gasteiger partial charge in [0.15, 0.2) is 0 Å². The maximum atomic E-state index is 11.8. The lowest BCUT2D eigenvalue weighted by molar-refractivity contribution is -0.113. The highest BCUT2D eigenvalue weighted by Crippen LogP contribution is 2.31. The van der Waals surface area contributed by atoms with Crippen molar-refractivity contribution in [1.82, 2.24) is 10.4 Å². The van der Waals surface area contributed by atoms with Crippen LogP contribution in [-0.4, -0.2) is 36.7 Å². The summed E-state index contributed by atoms with van der Waals surface area (Å²) >= 11 is 1.48. The fourth-order valence-corrected chi connectivity index (χ4v) is 2.28. The SMILES string of the molecule is CN(C)NC(=O)c1ccc2c(c1)NC(=O)CS2.